The van der Waals surface area contributed by atoms with Crippen LogP contribution in [0.5, 0.6) is 0 Å². The van der Waals surface area contributed by atoms with Gasteiger partial charge in [-0.1, -0.05) is 28.1 Å². The Hall–Kier alpha value is -1.31. The van der Waals surface area contributed by atoms with Gasteiger partial charge in [0.15, 0.2) is 0 Å². The molecule has 0 aliphatic heterocycles. The summed E-state index contributed by atoms with van der Waals surface area (Å²) in [5.74, 6) is 5.26. The lowest BCUT2D eigenvalue weighted by atomic mass is 10.0. The summed E-state index contributed by atoms with van der Waals surface area (Å²) >= 11 is 3.33. The first-order valence-corrected chi connectivity index (χ1v) is 6.76. The van der Waals surface area contributed by atoms with E-state index >= 15 is 0 Å². The van der Waals surface area contributed by atoms with Gasteiger partial charge in [-0.05, 0) is 24.6 Å². The number of nitrogens with one attached hydrogen (secondary N) is 1. The number of nitrogens with zero attached hydrogens (tertiary/aromatic N) is 3. The van der Waals surface area contributed by atoms with Gasteiger partial charge in [0.2, 0.25) is 0 Å². The Morgan fingerprint density at radius 3 is 3.00 bits per heavy atom. The molecule has 0 aliphatic carbocycles. The van der Waals surface area contributed by atoms with E-state index in [1.807, 2.05) is 6.92 Å². The van der Waals surface area contributed by atoms with Crippen molar-refractivity contribution in [1.29, 1.82) is 0 Å². The van der Waals surface area contributed by atoms with Crippen LogP contribution < -0.4 is 11.3 Å². The summed E-state index contributed by atoms with van der Waals surface area (Å²) in [7, 11) is 0. The molecule has 3 N–H and O–H groups in total. The van der Waals surface area contributed by atoms with Gasteiger partial charge in [0, 0.05) is 16.6 Å². The van der Waals surface area contributed by atoms with Crippen molar-refractivity contribution in [2.24, 2.45) is 5.84 Å². The molecule has 102 valence electrons. The van der Waals surface area contributed by atoms with Crippen molar-refractivity contribution in [1.82, 2.24) is 20.4 Å². The van der Waals surface area contributed by atoms with E-state index < -0.39 is 6.04 Å². The van der Waals surface area contributed by atoms with Crippen LogP contribution in [-0.4, -0.2) is 15.0 Å². The summed E-state index contributed by atoms with van der Waals surface area (Å²) in [6.45, 7) is 2.75. The zero-order valence-electron chi connectivity index (χ0n) is 10.5. The van der Waals surface area contributed by atoms with Gasteiger partial charge in [0.05, 0.1) is 17.9 Å². The van der Waals surface area contributed by atoms with Crippen LogP contribution in [0.15, 0.2) is 28.9 Å². The molecule has 0 aliphatic rings. The van der Waals surface area contributed by atoms with Crippen molar-refractivity contribution in [2.75, 3.05) is 0 Å². The predicted octanol–water partition coefficient (Wildman–Crippen LogP) is 2.14. The van der Waals surface area contributed by atoms with Gasteiger partial charge in [0.25, 0.3) is 0 Å². The number of hydrazine groups is 1. The van der Waals surface area contributed by atoms with E-state index in [1.165, 1.54) is 6.07 Å². The molecular weight excluding hydrogens is 313 g/mol. The maximum Gasteiger partial charge on any atom is 0.128 e. The minimum atomic E-state index is -0.487. The fourth-order valence-corrected chi connectivity index (χ4v) is 2.32. The predicted molar refractivity (Wildman–Crippen MR) is 73.6 cm³/mol. The van der Waals surface area contributed by atoms with Gasteiger partial charge in [0.1, 0.15) is 5.82 Å². The van der Waals surface area contributed by atoms with Crippen LogP contribution in [0.2, 0.25) is 0 Å². The monoisotopic (exact) mass is 327 g/mol. The molecule has 1 heterocycles. The molecule has 5 nitrogen and oxygen atoms in total. The number of hydrogen-bond acceptors (Lipinski definition) is 4. The topological polar surface area (TPSA) is 68.8 Å². The van der Waals surface area contributed by atoms with Gasteiger partial charge in [-0.15, -0.1) is 5.10 Å². The van der Waals surface area contributed by atoms with Crippen LogP contribution in [0, 0.1) is 5.82 Å². The third-order valence-corrected chi connectivity index (χ3v) is 3.31. The molecule has 0 amide bonds. The highest BCUT2D eigenvalue weighted by Crippen LogP contribution is 2.26. The number of rotatable bonds is 5. The Morgan fingerprint density at radius 2 is 2.32 bits per heavy atom. The molecule has 1 unspecified atom stereocenters. The van der Waals surface area contributed by atoms with E-state index in [0.29, 0.717) is 12.1 Å². The molecule has 2 aromatic rings. The second-order valence-corrected chi connectivity index (χ2v) is 5.06. The van der Waals surface area contributed by atoms with E-state index in [1.54, 1.807) is 23.0 Å². The van der Waals surface area contributed by atoms with Gasteiger partial charge in [-0.3, -0.25) is 5.84 Å². The first kappa shape index (κ1) is 14.1. The molecule has 0 bridgehead atoms. The second-order valence-electron chi connectivity index (χ2n) is 4.15. The molecule has 0 spiro atoms. The van der Waals surface area contributed by atoms with Crippen LogP contribution in [0.4, 0.5) is 4.39 Å². The molecular formula is C12H15BrFN5. The van der Waals surface area contributed by atoms with E-state index in [-0.39, 0.29) is 5.82 Å². The minimum Gasteiger partial charge on any atom is -0.271 e. The normalized spacial score (nSPS) is 12.6. The minimum absolute atomic E-state index is 0.324. The van der Waals surface area contributed by atoms with E-state index in [0.717, 1.165) is 16.6 Å². The van der Waals surface area contributed by atoms with Gasteiger partial charge >= 0.3 is 0 Å². The summed E-state index contributed by atoms with van der Waals surface area (Å²) in [4.78, 5) is 0. The maximum atomic E-state index is 13.9. The van der Waals surface area contributed by atoms with Gasteiger partial charge in [-0.25, -0.2) is 14.5 Å². The van der Waals surface area contributed by atoms with Gasteiger partial charge < -0.3 is 0 Å². The lowest BCUT2D eigenvalue weighted by Crippen LogP contribution is -2.31. The van der Waals surface area contributed by atoms with Crippen molar-refractivity contribution in [3.8, 4) is 0 Å². The largest absolute Gasteiger partial charge is 0.271 e. The lowest BCUT2D eigenvalue weighted by molar-refractivity contribution is 0.496. The summed E-state index contributed by atoms with van der Waals surface area (Å²) < 4.78 is 16.5. The molecule has 0 fully saturated rings. The van der Waals surface area contributed by atoms with Crippen molar-refractivity contribution in [3.63, 3.8) is 0 Å². The lowest BCUT2D eigenvalue weighted by Gasteiger charge is -2.18. The van der Waals surface area contributed by atoms with Crippen LogP contribution >= 0.6 is 15.9 Å². The van der Waals surface area contributed by atoms with Crippen molar-refractivity contribution in [3.05, 3.63) is 45.9 Å². The standard InChI is InChI=1S/C12H15BrFN5/c1-2-5-19-11(7-16-18-19)12(17-15)9-6-8(13)3-4-10(9)14/h3-4,6-7,12,17H,2,5,15H2,1H3. The second kappa shape index (κ2) is 6.23. The summed E-state index contributed by atoms with van der Waals surface area (Å²) in [5.41, 5.74) is 3.82. The fraction of sp³-hybridized carbons (Fsp3) is 0.333. The SMILES string of the molecule is CCCn1nncc1C(NN)c1cc(Br)ccc1F. The molecule has 2 rings (SSSR count). The highest BCUT2D eigenvalue weighted by atomic mass is 79.9. The van der Waals surface area contributed by atoms with E-state index in [9.17, 15) is 4.39 Å². The Bertz CT molecular complexity index is 557. The average Bonchev–Trinajstić information content (AvgIpc) is 2.83. The molecule has 0 saturated carbocycles. The first-order valence-electron chi connectivity index (χ1n) is 5.96. The number of halogens is 2. The third-order valence-electron chi connectivity index (χ3n) is 2.81. The van der Waals surface area contributed by atoms with Crippen LogP contribution in [0.3, 0.4) is 0 Å². The highest BCUT2D eigenvalue weighted by Gasteiger charge is 2.21. The Labute approximate surface area is 119 Å². The molecule has 0 saturated heterocycles. The summed E-state index contributed by atoms with van der Waals surface area (Å²) in [6.07, 6.45) is 2.51. The average molecular weight is 328 g/mol. The van der Waals surface area contributed by atoms with Crippen LogP contribution in [-0.2, 0) is 6.54 Å². The molecule has 1 atom stereocenters. The Kier molecular flexibility index (Phi) is 4.62. The molecule has 0 radical (unpaired) electrons. The zero-order valence-corrected chi connectivity index (χ0v) is 12.1. The number of aromatic nitrogens is 3. The zero-order chi connectivity index (χ0) is 13.8. The number of hydrogen-bond donors (Lipinski definition) is 2. The molecule has 19 heavy (non-hydrogen) atoms. The molecule has 7 heteroatoms. The smallest absolute Gasteiger partial charge is 0.128 e. The van der Waals surface area contributed by atoms with Gasteiger partial charge in [-0.2, -0.15) is 0 Å². The number of nitrogens with two attached hydrogens (primary N) is 1. The number of benzene rings is 1. The maximum absolute atomic E-state index is 13.9. The number of aryl methyl sites for hydroxylation is 1. The Morgan fingerprint density at radius 1 is 1.53 bits per heavy atom. The fourth-order valence-electron chi connectivity index (χ4n) is 1.95. The highest BCUT2D eigenvalue weighted by molar-refractivity contribution is 9.10. The van der Waals surface area contributed by atoms with Crippen molar-refractivity contribution < 1.29 is 4.39 Å². The summed E-state index contributed by atoms with van der Waals surface area (Å²) in [5, 5.41) is 7.86. The van der Waals surface area contributed by atoms with Crippen molar-refractivity contribution >= 4 is 15.9 Å². The first-order chi connectivity index (χ1) is 9.17. The van der Waals surface area contributed by atoms with E-state index in [2.05, 4.69) is 31.7 Å². The molecule has 1 aromatic heterocycles. The van der Waals surface area contributed by atoms with E-state index in [4.69, 9.17) is 5.84 Å². The summed E-state index contributed by atoms with van der Waals surface area (Å²) in [6, 6.07) is 4.26. The van der Waals surface area contributed by atoms with Crippen LogP contribution in [0.1, 0.15) is 30.6 Å². The quantitative estimate of drug-likeness (QED) is 0.652. The van der Waals surface area contributed by atoms with Crippen molar-refractivity contribution in [2.45, 2.75) is 25.9 Å². The third kappa shape index (κ3) is 2.99. The van der Waals surface area contributed by atoms with Crippen LogP contribution in [0.25, 0.3) is 0 Å². The molecule has 1 aromatic carbocycles. The Balaban J connectivity index is 2.44.